The molecule has 0 N–H and O–H groups in total. The van der Waals surface area contributed by atoms with Crippen LogP contribution in [0.4, 0.5) is 0 Å². The summed E-state index contributed by atoms with van der Waals surface area (Å²) in [6.07, 6.45) is 12.2. The Kier molecular flexibility index (Phi) is 12.3. The summed E-state index contributed by atoms with van der Waals surface area (Å²) in [6.45, 7) is 14.1. The number of aryl methyl sites for hydroxylation is 1. The molecule has 0 saturated carbocycles. The lowest BCUT2D eigenvalue weighted by atomic mass is 9.97. The van der Waals surface area contributed by atoms with E-state index in [-0.39, 0.29) is 5.78 Å². The Morgan fingerprint density at radius 2 is 1.86 bits per heavy atom. The number of hydrogen-bond acceptors (Lipinski definition) is 3. The van der Waals surface area contributed by atoms with E-state index in [0.717, 1.165) is 40.8 Å². The molecule has 0 aliphatic rings. The SMILES string of the molecule is [CH2]C[CH]C(=O)[CH]CC.[CH2]c1c(CCCCCCC)c(C)nc2cc(OC)ccc12. The van der Waals surface area contributed by atoms with E-state index in [1.165, 1.54) is 37.7 Å². The molecule has 0 saturated heterocycles. The summed E-state index contributed by atoms with van der Waals surface area (Å²) in [5.41, 5.74) is 4.54. The summed E-state index contributed by atoms with van der Waals surface area (Å²) in [5.74, 6) is 0.948. The van der Waals surface area contributed by atoms with Crippen molar-refractivity contribution in [3.8, 4) is 5.75 Å². The van der Waals surface area contributed by atoms with Crippen molar-refractivity contribution in [3.05, 3.63) is 61.7 Å². The fraction of sp³-hybridized carbons (Fsp3) is 0.462. The molecule has 3 nitrogen and oxygen atoms in total. The van der Waals surface area contributed by atoms with Crippen LogP contribution in [-0.4, -0.2) is 17.9 Å². The molecule has 2 rings (SSSR count). The van der Waals surface area contributed by atoms with Crippen molar-refractivity contribution in [3.63, 3.8) is 0 Å². The standard InChI is InChI=1S/C19H26NO.C7H11O/c1-5-6-7-8-9-10-17-14(2)18-12-11-16(21-4)13-19(18)20-15(17)3;1-3-5-7(8)6-4-2/h11-13H,2,5-10H2,1,3-4H3;5-6H,1,3-4H2,2H3. The number of carbonyl (C=O) groups excluding carboxylic acids is 1. The van der Waals surface area contributed by atoms with Crippen molar-refractivity contribution < 1.29 is 9.53 Å². The molecule has 1 heterocycles. The van der Waals surface area contributed by atoms with E-state index in [1.54, 1.807) is 20.0 Å². The first-order valence-corrected chi connectivity index (χ1v) is 10.8. The number of methoxy groups -OCH3 is 1. The molecule has 0 unspecified atom stereocenters. The highest BCUT2D eigenvalue weighted by Gasteiger charge is 2.10. The van der Waals surface area contributed by atoms with Crippen molar-refractivity contribution in [1.82, 2.24) is 4.98 Å². The minimum Gasteiger partial charge on any atom is -0.497 e. The van der Waals surface area contributed by atoms with E-state index in [9.17, 15) is 4.79 Å². The number of pyridine rings is 1. The van der Waals surface area contributed by atoms with Gasteiger partial charge in [0.05, 0.1) is 12.6 Å². The lowest BCUT2D eigenvalue weighted by Gasteiger charge is -2.13. The van der Waals surface area contributed by atoms with Gasteiger partial charge in [-0.05, 0) is 62.8 Å². The number of aromatic nitrogens is 1. The predicted octanol–water partition coefficient (Wildman–Crippen LogP) is 6.85. The number of rotatable bonds is 11. The second kappa shape index (κ2) is 14.1. The number of benzene rings is 1. The van der Waals surface area contributed by atoms with Gasteiger partial charge < -0.3 is 4.74 Å². The van der Waals surface area contributed by atoms with Crippen LogP contribution in [0.5, 0.6) is 5.75 Å². The number of fused-ring (bicyclic) bond motifs is 1. The second-order valence-corrected chi connectivity index (χ2v) is 7.21. The number of Topliss-reactive ketones (excluding diaryl/α,β-unsaturated/α-hetero) is 1. The average molecular weight is 396 g/mol. The number of carbonyl (C=O) groups is 1. The lowest BCUT2D eigenvalue weighted by molar-refractivity contribution is -0.113. The molecular formula is C26H37NO2. The van der Waals surface area contributed by atoms with Crippen LogP contribution in [-0.2, 0) is 11.2 Å². The van der Waals surface area contributed by atoms with E-state index in [1.807, 2.05) is 19.1 Å². The number of nitrogens with zero attached hydrogens (tertiary/aromatic N) is 1. The molecule has 1 aromatic carbocycles. The van der Waals surface area contributed by atoms with E-state index in [0.29, 0.717) is 6.42 Å². The maximum Gasteiger partial charge on any atom is 0.140 e. The van der Waals surface area contributed by atoms with Gasteiger partial charge in [-0.3, -0.25) is 9.78 Å². The summed E-state index contributed by atoms with van der Waals surface area (Å²) in [7, 11) is 1.68. The third kappa shape index (κ3) is 8.55. The Hall–Kier alpha value is -1.90. The van der Waals surface area contributed by atoms with Gasteiger partial charge in [0.25, 0.3) is 0 Å². The largest absolute Gasteiger partial charge is 0.497 e. The molecule has 2 aromatic rings. The molecule has 1 aromatic heterocycles. The van der Waals surface area contributed by atoms with E-state index in [2.05, 4.69) is 33.8 Å². The molecule has 0 bridgehead atoms. The van der Waals surface area contributed by atoms with Crippen molar-refractivity contribution in [2.75, 3.05) is 7.11 Å². The van der Waals surface area contributed by atoms with E-state index in [4.69, 9.17) is 9.72 Å². The zero-order chi connectivity index (χ0) is 21.6. The number of hydrogen-bond donors (Lipinski definition) is 0. The molecule has 0 aliphatic heterocycles. The van der Waals surface area contributed by atoms with Gasteiger partial charge in [-0.1, -0.05) is 46.5 Å². The molecule has 0 spiro atoms. The summed E-state index contributed by atoms with van der Waals surface area (Å²) in [4.78, 5) is 15.2. The monoisotopic (exact) mass is 395 g/mol. The van der Waals surface area contributed by atoms with Gasteiger partial charge in [0.1, 0.15) is 11.5 Å². The first kappa shape index (κ1) is 25.1. The van der Waals surface area contributed by atoms with Gasteiger partial charge in [0.15, 0.2) is 0 Å². The summed E-state index contributed by atoms with van der Waals surface area (Å²) < 4.78 is 5.27. The van der Waals surface area contributed by atoms with Crippen LogP contribution in [0.25, 0.3) is 10.9 Å². The van der Waals surface area contributed by atoms with Crippen molar-refractivity contribution in [1.29, 1.82) is 0 Å². The quantitative estimate of drug-likeness (QED) is 0.391. The van der Waals surface area contributed by atoms with Gasteiger partial charge in [-0.15, -0.1) is 0 Å². The number of unbranched alkanes of at least 4 members (excludes halogenated alkanes) is 4. The second-order valence-electron chi connectivity index (χ2n) is 7.21. The molecular weight excluding hydrogens is 358 g/mol. The molecule has 3 heteroatoms. The number of ether oxygens (including phenoxy) is 1. The van der Waals surface area contributed by atoms with E-state index < -0.39 is 0 Å². The van der Waals surface area contributed by atoms with Crippen LogP contribution in [0.15, 0.2) is 18.2 Å². The topological polar surface area (TPSA) is 39.2 Å². The van der Waals surface area contributed by atoms with Gasteiger partial charge in [-0.25, -0.2) is 0 Å². The summed E-state index contributed by atoms with van der Waals surface area (Å²) >= 11 is 0. The van der Waals surface area contributed by atoms with Gasteiger partial charge in [0.2, 0.25) is 0 Å². The Balaban J connectivity index is 0.000000447. The molecule has 4 radical (unpaired) electrons. The van der Waals surface area contributed by atoms with Crippen LogP contribution < -0.4 is 4.74 Å². The molecule has 158 valence electrons. The van der Waals surface area contributed by atoms with Crippen LogP contribution in [0.2, 0.25) is 0 Å². The molecule has 0 fully saturated rings. The highest BCUT2D eigenvalue weighted by molar-refractivity contribution is 5.94. The minimum atomic E-state index is 0.0995. The molecule has 29 heavy (non-hydrogen) atoms. The Morgan fingerprint density at radius 1 is 1.14 bits per heavy atom. The lowest BCUT2D eigenvalue weighted by Crippen LogP contribution is -1.99. The third-order valence-corrected chi connectivity index (χ3v) is 4.90. The summed E-state index contributed by atoms with van der Waals surface area (Å²) in [5, 5.41) is 1.14. The highest BCUT2D eigenvalue weighted by atomic mass is 16.5. The normalized spacial score (nSPS) is 10.6. The van der Waals surface area contributed by atoms with Crippen LogP contribution in [0.3, 0.4) is 0 Å². The Morgan fingerprint density at radius 3 is 2.48 bits per heavy atom. The van der Waals surface area contributed by atoms with E-state index >= 15 is 0 Å². The van der Waals surface area contributed by atoms with Gasteiger partial charge in [0, 0.05) is 30.0 Å². The smallest absolute Gasteiger partial charge is 0.140 e. The third-order valence-electron chi connectivity index (χ3n) is 4.90. The first-order valence-electron chi connectivity index (χ1n) is 10.8. The van der Waals surface area contributed by atoms with Crippen LogP contribution in [0.1, 0.15) is 75.6 Å². The average Bonchev–Trinajstić information content (AvgIpc) is 2.70. The van der Waals surface area contributed by atoms with Crippen LogP contribution >= 0.6 is 0 Å². The van der Waals surface area contributed by atoms with Crippen molar-refractivity contribution in [2.45, 2.75) is 72.1 Å². The fourth-order valence-corrected chi connectivity index (χ4v) is 3.28. The highest BCUT2D eigenvalue weighted by Crippen LogP contribution is 2.27. The molecule has 0 atom stereocenters. The Labute approximate surface area is 178 Å². The maximum absolute atomic E-state index is 10.5. The summed E-state index contributed by atoms with van der Waals surface area (Å²) in [6, 6.07) is 6.05. The molecule has 0 aliphatic carbocycles. The van der Waals surface area contributed by atoms with Crippen molar-refractivity contribution >= 4 is 16.7 Å². The van der Waals surface area contributed by atoms with Gasteiger partial charge >= 0.3 is 0 Å². The zero-order valence-electron chi connectivity index (χ0n) is 18.7. The minimum absolute atomic E-state index is 0.0995. The van der Waals surface area contributed by atoms with Gasteiger partial charge in [-0.2, -0.15) is 0 Å². The fourth-order valence-electron chi connectivity index (χ4n) is 3.28. The first-order chi connectivity index (χ1) is 14.0. The predicted molar refractivity (Wildman–Crippen MR) is 124 cm³/mol. The van der Waals surface area contributed by atoms with Crippen LogP contribution in [0, 0.1) is 33.6 Å². The number of ketones is 1. The molecule has 0 amide bonds. The maximum atomic E-state index is 10.5. The van der Waals surface area contributed by atoms with Crippen molar-refractivity contribution in [2.24, 2.45) is 0 Å². The Bertz CT molecular complexity index is 744. The zero-order valence-corrected chi connectivity index (χ0v) is 18.7.